The molecule has 0 unspecified atom stereocenters. The van der Waals surface area contributed by atoms with Crippen molar-refractivity contribution >= 4 is 5.91 Å². The summed E-state index contributed by atoms with van der Waals surface area (Å²) in [6, 6.07) is 0.0561. The van der Waals surface area contributed by atoms with E-state index in [1.54, 1.807) is 0 Å². The molecule has 4 nitrogen and oxygen atoms in total. The highest BCUT2D eigenvalue weighted by Gasteiger charge is 2.36. The lowest BCUT2D eigenvalue weighted by Crippen LogP contribution is -2.45. The van der Waals surface area contributed by atoms with Gasteiger partial charge >= 0.3 is 0 Å². The molecule has 0 spiro atoms. The zero-order valence-electron chi connectivity index (χ0n) is 10.7. The number of likely N-dealkylation sites (tertiary alicyclic amines) is 1. The van der Waals surface area contributed by atoms with Gasteiger partial charge in [-0.2, -0.15) is 0 Å². The van der Waals surface area contributed by atoms with E-state index in [2.05, 4.69) is 5.32 Å². The molecule has 0 aromatic heterocycles. The van der Waals surface area contributed by atoms with Crippen LogP contribution >= 0.6 is 0 Å². The molecule has 0 aromatic rings. The molecule has 1 aliphatic rings. The van der Waals surface area contributed by atoms with Gasteiger partial charge in [-0.3, -0.25) is 4.79 Å². The summed E-state index contributed by atoms with van der Waals surface area (Å²) in [5.41, 5.74) is -1.37. The van der Waals surface area contributed by atoms with E-state index in [0.717, 1.165) is 0 Å². The average Bonchev–Trinajstić information content (AvgIpc) is 2.20. The van der Waals surface area contributed by atoms with Crippen LogP contribution in [0.25, 0.3) is 0 Å². The number of aliphatic hydroxyl groups is 1. The second kappa shape index (κ2) is 6.31. The maximum absolute atomic E-state index is 14.3. The first-order chi connectivity index (χ1) is 7.95. The zero-order valence-corrected chi connectivity index (χ0v) is 10.7. The van der Waals surface area contributed by atoms with Gasteiger partial charge in [0.25, 0.3) is 0 Å². The molecule has 2 N–H and O–H groups in total. The van der Waals surface area contributed by atoms with Crippen LogP contribution in [0.4, 0.5) is 4.39 Å². The summed E-state index contributed by atoms with van der Waals surface area (Å²) in [5.74, 6) is -0.210. The standard InChI is InChI=1S/C12H23FN2O2/c1-10(2)14-11(17)9-12(13)3-5-15(6-4-12)7-8-16/h10,16H,3-9H2,1-2H3,(H,14,17). The number of amides is 1. The minimum Gasteiger partial charge on any atom is -0.395 e. The maximum atomic E-state index is 14.3. The number of rotatable bonds is 5. The van der Waals surface area contributed by atoms with Gasteiger partial charge in [-0.05, 0) is 26.7 Å². The molecule has 17 heavy (non-hydrogen) atoms. The van der Waals surface area contributed by atoms with Crippen LogP contribution in [0.3, 0.4) is 0 Å². The number of hydrogen-bond donors (Lipinski definition) is 2. The number of nitrogens with zero attached hydrogens (tertiary/aromatic N) is 1. The summed E-state index contributed by atoms with van der Waals surface area (Å²) in [4.78, 5) is 13.6. The van der Waals surface area contributed by atoms with Crippen molar-refractivity contribution in [1.82, 2.24) is 10.2 Å². The van der Waals surface area contributed by atoms with Gasteiger partial charge in [0, 0.05) is 25.7 Å². The number of hydrogen-bond acceptors (Lipinski definition) is 3. The topological polar surface area (TPSA) is 52.6 Å². The third kappa shape index (κ3) is 5.00. The van der Waals surface area contributed by atoms with E-state index in [1.165, 1.54) is 0 Å². The lowest BCUT2D eigenvalue weighted by atomic mass is 9.89. The molecule has 100 valence electrons. The molecule has 0 saturated carbocycles. The Bertz CT molecular complexity index is 251. The van der Waals surface area contributed by atoms with Gasteiger partial charge in [-0.25, -0.2) is 4.39 Å². The fraction of sp³-hybridized carbons (Fsp3) is 0.917. The third-order valence-electron chi connectivity index (χ3n) is 3.10. The largest absolute Gasteiger partial charge is 0.395 e. The molecule has 0 radical (unpaired) electrons. The van der Waals surface area contributed by atoms with Crippen molar-refractivity contribution in [1.29, 1.82) is 0 Å². The Kier molecular flexibility index (Phi) is 5.33. The number of halogens is 1. The number of β-amino-alcohol motifs (C(OH)–C–C–N with tert-alkyl or cyclic N) is 1. The maximum Gasteiger partial charge on any atom is 0.223 e. The molecule has 0 atom stereocenters. The van der Waals surface area contributed by atoms with E-state index in [9.17, 15) is 9.18 Å². The van der Waals surface area contributed by atoms with E-state index < -0.39 is 5.67 Å². The monoisotopic (exact) mass is 246 g/mol. The second-order valence-electron chi connectivity index (χ2n) is 5.12. The van der Waals surface area contributed by atoms with Crippen LogP contribution in [0.5, 0.6) is 0 Å². The molecular formula is C12H23FN2O2. The number of aliphatic hydroxyl groups excluding tert-OH is 1. The average molecular weight is 246 g/mol. The van der Waals surface area contributed by atoms with Crippen LogP contribution in [0.15, 0.2) is 0 Å². The van der Waals surface area contributed by atoms with Gasteiger partial charge in [0.15, 0.2) is 0 Å². The van der Waals surface area contributed by atoms with Crippen LogP contribution in [0.1, 0.15) is 33.1 Å². The summed E-state index contributed by atoms with van der Waals surface area (Å²) in [7, 11) is 0. The van der Waals surface area contributed by atoms with Crippen molar-refractivity contribution in [2.45, 2.75) is 44.8 Å². The molecule has 1 amide bonds. The minimum absolute atomic E-state index is 0.0435. The first-order valence-corrected chi connectivity index (χ1v) is 6.27. The smallest absolute Gasteiger partial charge is 0.223 e. The first-order valence-electron chi connectivity index (χ1n) is 6.27. The molecule has 0 aliphatic carbocycles. The molecule has 1 saturated heterocycles. The van der Waals surface area contributed by atoms with Gasteiger partial charge in [0.05, 0.1) is 13.0 Å². The lowest BCUT2D eigenvalue weighted by molar-refractivity contribution is -0.125. The summed E-state index contributed by atoms with van der Waals surface area (Å²) < 4.78 is 14.3. The molecule has 1 aliphatic heterocycles. The van der Waals surface area contributed by atoms with E-state index in [4.69, 9.17) is 5.11 Å². The van der Waals surface area contributed by atoms with Crippen molar-refractivity contribution in [3.8, 4) is 0 Å². The van der Waals surface area contributed by atoms with Gasteiger partial charge in [-0.1, -0.05) is 0 Å². The van der Waals surface area contributed by atoms with Crippen molar-refractivity contribution in [2.75, 3.05) is 26.2 Å². The molecule has 1 heterocycles. The Morgan fingerprint density at radius 2 is 2.06 bits per heavy atom. The van der Waals surface area contributed by atoms with Gasteiger partial charge in [0.2, 0.25) is 5.91 Å². The van der Waals surface area contributed by atoms with Gasteiger partial charge in [-0.15, -0.1) is 0 Å². The molecular weight excluding hydrogens is 223 g/mol. The van der Waals surface area contributed by atoms with Crippen molar-refractivity contribution < 1.29 is 14.3 Å². The molecule has 0 bridgehead atoms. The second-order valence-corrected chi connectivity index (χ2v) is 5.12. The van der Waals surface area contributed by atoms with E-state index in [-0.39, 0.29) is 25.0 Å². The number of nitrogens with one attached hydrogen (secondary N) is 1. The quantitative estimate of drug-likeness (QED) is 0.750. The molecule has 1 rings (SSSR count). The molecule has 1 fully saturated rings. The Hall–Kier alpha value is -0.680. The van der Waals surface area contributed by atoms with Gasteiger partial charge < -0.3 is 15.3 Å². The van der Waals surface area contributed by atoms with Crippen LogP contribution in [0.2, 0.25) is 0 Å². The number of alkyl halides is 1. The summed E-state index contributed by atoms with van der Waals surface area (Å²) >= 11 is 0. The van der Waals surface area contributed by atoms with Crippen LogP contribution < -0.4 is 5.32 Å². The van der Waals surface area contributed by atoms with Crippen molar-refractivity contribution in [2.24, 2.45) is 0 Å². The Morgan fingerprint density at radius 3 is 2.53 bits per heavy atom. The summed E-state index contributed by atoms with van der Waals surface area (Å²) in [6.45, 7) is 5.67. The number of carbonyl (C=O) groups is 1. The van der Waals surface area contributed by atoms with Crippen LogP contribution in [-0.2, 0) is 4.79 Å². The number of piperidine rings is 1. The third-order valence-corrected chi connectivity index (χ3v) is 3.10. The Labute approximate surface area is 102 Å². The normalized spacial score (nSPS) is 20.5. The molecule has 0 aromatic carbocycles. The fourth-order valence-electron chi connectivity index (χ4n) is 2.16. The van der Waals surface area contributed by atoms with Gasteiger partial charge in [0.1, 0.15) is 5.67 Å². The highest BCUT2D eigenvalue weighted by molar-refractivity contribution is 5.77. The first kappa shape index (κ1) is 14.4. The Morgan fingerprint density at radius 1 is 1.47 bits per heavy atom. The highest BCUT2D eigenvalue weighted by atomic mass is 19.1. The van der Waals surface area contributed by atoms with E-state index in [1.807, 2.05) is 18.7 Å². The predicted octanol–water partition coefficient (Wildman–Crippen LogP) is 0.697. The lowest BCUT2D eigenvalue weighted by Gasteiger charge is -2.35. The fourth-order valence-corrected chi connectivity index (χ4v) is 2.16. The number of carbonyl (C=O) groups excluding carboxylic acids is 1. The van der Waals surface area contributed by atoms with Crippen LogP contribution in [-0.4, -0.2) is 53.9 Å². The zero-order chi connectivity index (χ0) is 12.9. The van der Waals surface area contributed by atoms with Crippen molar-refractivity contribution in [3.63, 3.8) is 0 Å². The highest BCUT2D eigenvalue weighted by Crippen LogP contribution is 2.29. The van der Waals surface area contributed by atoms with Crippen molar-refractivity contribution in [3.05, 3.63) is 0 Å². The summed E-state index contributed by atoms with van der Waals surface area (Å²) in [6.07, 6.45) is 0.704. The van der Waals surface area contributed by atoms with Crippen LogP contribution in [0, 0.1) is 0 Å². The predicted molar refractivity (Wildman–Crippen MR) is 64.5 cm³/mol. The summed E-state index contributed by atoms with van der Waals surface area (Å²) in [5, 5.41) is 11.5. The van der Waals surface area contributed by atoms with E-state index >= 15 is 0 Å². The Balaban J connectivity index is 2.36. The molecule has 5 heteroatoms. The SMILES string of the molecule is CC(C)NC(=O)CC1(F)CCN(CCO)CC1. The van der Waals surface area contributed by atoms with E-state index in [0.29, 0.717) is 32.5 Å². The minimum atomic E-state index is -1.37.